The third-order valence-corrected chi connectivity index (χ3v) is 7.00. The van der Waals surface area contributed by atoms with Crippen LogP contribution < -0.4 is 10.7 Å². The highest BCUT2D eigenvalue weighted by Crippen LogP contribution is 2.40. The molecular formula is C21H15F6N3O5S3. The number of amides is 2. The monoisotopic (exact) mass is 599 g/mol. The molecule has 0 unspecified atom stereocenters. The molecule has 1 aliphatic heterocycles. The van der Waals surface area contributed by atoms with E-state index in [0.717, 1.165) is 28.1 Å². The summed E-state index contributed by atoms with van der Waals surface area (Å²) < 4.78 is 79.0. The van der Waals surface area contributed by atoms with Gasteiger partial charge in [0.15, 0.2) is 4.32 Å². The van der Waals surface area contributed by atoms with E-state index in [-0.39, 0.29) is 26.4 Å². The molecule has 1 fully saturated rings. The van der Waals surface area contributed by atoms with Crippen molar-refractivity contribution in [3.8, 4) is 11.1 Å². The highest BCUT2D eigenvalue weighted by Gasteiger charge is 2.37. The van der Waals surface area contributed by atoms with Crippen LogP contribution in [0.3, 0.4) is 0 Å². The van der Waals surface area contributed by atoms with Crippen LogP contribution in [0.4, 0.5) is 26.3 Å². The molecule has 2 heterocycles. The first kappa shape index (κ1) is 29.6. The first-order valence-corrected chi connectivity index (χ1v) is 12.2. The number of nitrogens with zero attached hydrogens (tertiary/aromatic N) is 1. The molecule has 0 spiro atoms. The summed E-state index contributed by atoms with van der Waals surface area (Å²) in [6.07, 6.45) is -8.67. The Morgan fingerprint density at radius 2 is 1.66 bits per heavy atom. The molecule has 0 aliphatic carbocycles. The predicted octanol–water partition coefficient (Wildman–Crippen LogP) is 3.72. The van der Waals surface area contributed by atoms with Crippen molar-refractivity contribution in [2.75, 3.05) is 13.2 Å². The number of hydrogen-bond donors (Lipinski definition) is 4. The van der Waals surface area contributed by atoms with E-state index in [9.17, 15) is 40.7 Å². The number of carboxylic acids is 1. The van der Waals surface area contributed by atoms with E-state index in [1.165, 1.54) is 17.5 Å². The van der Waals surface area contributed by atoms with E-state index in [0.29, 0.717) is 17.0 Å². The van der Waals surface area contributed by atoms with Gasteiger partial charge in [0.25, 0.3) is 5.91 Å². The largest absolute Gasteiger partial charge is 0.480 e. The van der Waals surface area contributed by atoms with E-state index in [1.807, 2.05) is 5.32 Å². The Morgan fingerprint density at radius 3 is 2.18 bits per heavy atom. The Kier molecular flexibility index (Phi) is 8.87. The van der Waals surface area contributed by atoms with Gasteiger partial charge in [-0.3, -0.25) is 9.59 Å². The van der Waals surface area contributed by atoms with E-state index < -0.39 is 60.5 Å². The molecule has 17 heteroatoms. The van der Waals surface area contributed by atoms with Crippen LogP contribution in [-0.4, -0.2) is 56.5 Å². The lowest BCUT2D eigenvalue weighted by molar-refractivity contribution is -0.143. The molecule has 2 amide bonds. The number of carbonyl (C=O) groups is 3. The van der Waals surface area contributed by atoms with E-state index in [4.69, 9.17) is 22.4 Å². The van der Waals surface area contributed by atoms with Crippen LogP contribution in [0.2, 0.25) is 0 Å². The van der Waals surface area contributed by atoms with E-state index in [2.05, 4.69) is 5.43 Å². The summed E-state index contributed by atoms with van der Waals surface area (Å²) >= 11 is 6.87. The second kappa shape index (κ2) is 11.4. The lowest BCUT2D eigenvalue weighted by atomic mass is 10.0. The number of aliphatic hydroxyl groups excluding tert-OH is 1. The molecule has 204 valence electrons. The normalized spacial score (nSPS) is 16.3. The van der Waals surface area contributed by atoms with Crippen LogP contribution in [0, 0.1) is 0 Å². The zero-order valence-electron chi connectivity index (χ0n) is 18.5. The highest BCUT2D eigenvalue weighted by molar-refractivity contribution is 8.26. The van der Waals surface area contributed by atoms with E-state index >= 15 is 0 Å². The fourth-order valence-electron chi connectivity index (χ4n) is 3.02. The molecule has 1 atom stereocenters. The molecular weight excluding hydrogens is 584 g/mol. The van der Waals surface area contributed by atoms with Crippen molar-refractivity contribution < 1.29 is 50.9 Å². The molecule has 4 N–H and O–H groups in total. The zero-order chi connectivity index (χ0) is 28.4. The minimum Gasteiger partial charge on any atom is -0.480 e. The fraction of sp³-hybridized carbons (Fsp3) is 0.238. The summed E-state index contributed by atoms with van der Waals surface area (Å²) in [5.41, 5.74) is -0.740. The molecule has 38 heavy (non-hydrogen) atoms. The fourth-order valence-corrected chi connectivity index (χ4v) is 5.15. The Balaban J connectivity index is 1.77. The number of aliphatic carboxylic acids is 1. The quantitative estimate of drug-likeness (QED) is 0.206. The number of aliphatic hydroxyl groups is 1. The van der Waals surface area contributed by atoms with Gasteiger partial charge in [-0.2, -0.15) is 26.3 Å². The SMILES string of the molecule is O=C(CNN1C(=O)/C(=C/c2cc(-c3cc(C(F)(F)F)cc(C(F)(F)F)c3)cs2)SC1=S)N[C@@H](CO)C(=O)O. The summed E-state index contributed by atoms with van der Waals surface area (Å²) in [7, 11) is 0. The van der Waals surface area contributed by atoms with Crippen molar-refractivity contribution in [2.45, 2.75) is 18.4 Å². The minimum atomic E-state index is -5.00. The topological polar surface area (TPSA) is 119 Å². The van der Waals surface area contributed by atoms with Gasteiger partial charge >= 0.3 is 18.3 Å². The number of halogens is 6. The van der Waals surface area contributed by atoms with Crippen molar-refractivity contribution in [3.05, 3.63) is 50.6 Å². The lowest BCUT2D eigenvalue weighted by Gasteiger charge is -2.17. The molecule has 0 saturated carbocycles. The number of thiocarbonyl (C=S) groups is 1. The minimum absolute atomic E-state index is 0.0181. The molecule has 0 bridgehead atoms. The van der Waals surface area contributed by atoms with Gasteiger partial charge in [0.05, 0.1) is 29.2 Å². The van der Waals surface area contributed by atoms with Crippen LogP contribution in [0.25, 0.3) is 17.2 Å². The number of hydrazine groups is 1. The number of rotatable bonds is 8. The Hall–Kier alpha value is -2.99. The van der Waals surface area contributed by atoms with Crippen LogP contribution in [0.1, 0.15) is 16.0 Å². The summed E-state index contributed by atoms with van der Waals surface area (Å²) in [5, 5.41) is 22.0. The Morgan fingerprint density at radius 1 is 1.05 bits per heavy atom. The summed E-state index contributed by atoms with van der Waals surface area (Å²) in [6, 6.07) is 0.991. The van der Waals surface area contributed by atoms with E-state index in [1.54, 1.807) is 0 Å². The highest BCUT2D eigenvalue weighted by atomic mass is 32.2. The number of hydrogen-bond acceptors (Lipinski definition) is 8. The van der Waals surface area contributed by atoms with Gasteiger partial charge in [-0.1, -0.05) is 24.0 Å². The Bertz CT molecular complexity index is 1280. The standard InChI is InChI=1S/C21H15F6N3O5S3/c22-20(23,24)11-1-9(2-12(4-11)21(25,26)27)10-3-13(37-8-10)5-15-17(33)30(19(36)38-15)28-6-16(32)29-14(7-31)18(34)35/h1-5,8,14,28,31H,6-7H2,(H,29,32)(H,34,35)/b15-5-/t14-/m0/s1. The van der Waals surface area contributed by atoms with Crippen molar-refractivity contribution in [2.24, 2.45) is 0 Å². The number of alkyl halides is 6. The van der Waals surface area contributed by atoms with Crippen molar-refractivity contribution in [1.29, 1.82) is 0 Å². The van der Waals surface area contributed by atoms with Crippen LogP contribution in [0.5, 0.6) is 0 Å². The summed E-state index contributed by atoms with van der Waals surface area (Å²) in [5.74, 6) is -3.02. The number of thioether (sulfide) groups is 1. The smallest absolute Gasteiger partial charge is 0.416 e. The number of carboxylic acid groups (broad SMARTS) is 1. The van der Waals surface area contributed by atoms with Crippen LogP contribution in [0.15, 0.2) is 34.6 Å². The van der Waals surface area contributed by atoms with Gasteiger partial charge in [-0.25, -0.2) is 15.2 Å². The molecule has 1 saturated heterocycles. The van der Waals surface area contributed by atoms with Gasteiger partial charge < -0.3 is 15.5 Å². The predicted molar refractivity (Wildman–Crippen MR) is 129 cm³/mol. The van der Waals surface area contributed by atoms with Gasteiger partial charge in [0.2, 0.25) is 5.91 Å². The Labute approximate surface area is 223 Å². The van der Waals surface area contributed by atoms with Gasteiger partial charge in [-0.05, 0) is 46.8 Å². The first-order valence-electron chi connectivity index (χ1n) is 10.1. The van der Waals surface area contributed by atoms with Gasteiger partial charge in [0.1, 0.15) is 6.04 Å². The zero-order valence-corrected chi connectivity index (χ0v) is 21.0. The maximum absolute atomic E-state index is 13.2. The molecule has 1 aliphatic rings. The van der Waals surface area contributed by atoms with Crippen LogP contribution in [-0.2, 0) is 26.7 Å². The number of carbonyl (C=O) groups excluding carboxylic acids is 2. The molecule has 3 rings (SSSR count). The summed E-state index contributed by atoms with van der Waals surface area (Å²) in [6.45, 7) is -1.42. The third kappa shape index (κ3) is 7.10. The average molecular weight is 600 g/mol. The van der Waals surface area contributed by atoms with Crippen LogP contribution >= 0.6 is 35.3 Å². The van der Waals surface area contributed by atoms with Gasteiger partial charge in [0, 0.05) is 4.88 Å². The molecule has 2 aromatic rings. The molecule has 1 aromatic carbocycles. The number of thiophene rings is 1. The second-order valence-electron chi connectivity index (χ2n) is 7.53. The van der Waals surface area contributed by atoms with Crippen molar-refractivity contribution >= 4 is 63.5 Å². The molecule has 8 nitrogen and oxygen atoms in total. The molecule has 1 aromatic heterocycles. The maximum Gasteiger partial charge on any atom is 0.416 e. The number of benzene rings is 1. The second-order valence-corrected chi connectivity index (χ2v) is 10.1. The summed E-state index contributed by atoms with van der Waals surface area (Å²) in [4.78, 5) is 35.8. The lowest BCUT2D eigenvalue weighted by Crippen LogP contribution is -2.50. The number of nitrogens with one attached hydrogen (secondary N) is 2. The van der Waals surface area contributed by atoms with Crippen molar-refractivity contribution in [1.82, 2.24) is 15.8 Å². The van der Waals surface area contributed by atoms with Crippen molar-refractivity contribution in [3.63, 3.8) is 0 Å². The average Bonchev–Trinajstić information content (AvgIpc) is 3.39. The third-order valence-electron chi connectivity index (χ3n) is 4.82. The molecule has 0 radical (unpaired) electrons. The first-order chi connectivity index (χ1) is 17.6. The maximum atomic E-state index is 13.2. The van der Waals surface area contributed by atoms with Gasteiger partial charge in [-0.15, -0.1) is 11.3 Å².